The molecule has 4 nitrogen and oxygen atoms in total. The monoisotopic (exact) mass is 543 g/mol. The van der Waals surface area contributed by atoms with Gasteiger partial charge in [-0.05, 0) is 40.2 Å². The summed E-state index contributed by atoms with van der Waals surface area (Å²) in [6.45, 7) is 4.85. The Bertz CT molecular complexity index is 2350. The number of furan rings is 1. The standard InChI is InChI=1S/C36H25N3OSi/c1-41(2)30-19-11-8-16-26(30)33-35(41)32(22-12-4-3-5-13-22)37-36(38-33)39-27-17-9-6-14-23(27)24-20-21-29-31(34(24)39)25-15-7-10-18-28(25)40-29/h3-21H,1-2H3. The number of para-hydroxylation sites is 2. The highest BCUT2D eigenvalue weighted by Crippen LogP contribution is 2.41. The second-order valence-corrected chi connectivity index (χ2v) is 15.7. The number of nitrogens with zero attached hydrogens (tertiary/aromatic N) is 3. The van der Waals surface area contributed by atoms with Gasteiger partial charge in [0.15, 0.2) is 0 Å². The molecule has 1 aliphatic heterocycles. The summed E-state index contributed by atoms with van der Waals surface area (Å²) in [7, 11) is -2.04. The number of benzene rings is 5. The molecule has 1 aliphatic rings. The molecule has 8 aromatic rings. The van der Waals surface area contributed by atoms with Crippen LogP contribution in [0.5, 0.6) is 0 Å². The molecule has 0 spiro atoms. The molecule has 0 bridgehead atoms. The van der Waals surface area contributed by atoms with Crippen molar-refractivity contribution < 1.29 is 4.42 Å². The molecule has 0 aliphatic carbocycles. The Labute approximate surface area is 237 Å². The summed E-state index contributed by atoms with van der Waals surface area (Å²) in [6, 6.07) is 40.5. The Morgan fingerprint density at radius 1 is 0.610 bits per heavy atom. The van der Waals surface area contributed by atoms with E-state index >= 15 is 0 Å². The van der Waals surface area contributed by atoms with E-state index in [0.29, 0.717) is 5.95 Å². The third kappa shape index (κ3) is 2.98. The zero-order chi connectivity index (χ0) is 27.3. The van der Waals surface area contributed by atoms with Crippen molar-refractivity contribution in [3.63, 3.8) is 0 Å². The van der Waals surface area contributed by atoms with Crippen molar-refractivity contribution in [2.24, 2.45) is 0 Å². The van der Waals surface area contributed by atoms with Gasteiger partial charge in [0, 0.05) is 21.7 Å². The molecule has 3 aromatic heterocycles. The summed E-state index contributed by atoms with van der Waals surface area (Å²) in [5.41, 5.74) is 8.38. The summed E-state index contributed by atoms with van der Waals surface area (Å²) in [5, 5.41) is 7.27. The maximum atomic E-state index is 6.34. The number of hydrogen-bond donors (Lipinski definition) is 0. The van der Waals surface area contributed by atoms with Crippen LogP contribution in [-0.2, 0) is 0 Å². The molecular formula is C36H25N3OSi. The fourth-order valence-electron chi connectivity index (χ4n) is 6.98. The summed E-state index contributed by atoms with van der Waals surface area (Å²) >= 11 is 0. The predicted molar refractivity (Wildman–Crippen MR) is 171 cm³/mol. The van der Waals surface area contributed by atoms with Gasteiger partial charge < -0.3 is 4.42 Å². The van der Waals surface area contributed by atoms with Crippen LogP contribution in [-0.4, -0.2) is 22.6 Å². The average Bonchev–Trinajstić information content (AvgIpc) is 3.63. The van der Waals surface area contributed by atoms with Gasteiger partial charge in [-0.1, -0.05) is 104 Å². The minimum absolute atomic E-state index is 0.688. The first-order chi connectivity index (χ1) is 20.1. The lowest BCUT2D eigenvalue weighted by molar-refractivity contribution is 0.669. The molecule has 5 heteroatoms. The van der Waals surface area contributed by atoms with Crippen LogP contribution in [0.2, 0.25) is 13.1 Å². The van der Waals surface area contributed by atoms with Gasteiger partial charge in [-0.2, -0.15) is 0 Å². The Kier molecular flexibility index (Phi) is 4.46. The van der Waals surface area contributed by atoms with Crippen molar-refractivity contribution in [2.75, 3.05) is 0 Å². The van der Waals surface area contributed by atoms with E-state index in [1.165, 1.54) is 26.7 Å². The van der Waals surface area contributed by atoms with Crippen LogP contribution in [0.15, 0.2) is 120 Å². The second-order valence-electron chi connectivity index (χ2n) is 11.4. The predicted octanol–water partition coefficient (Wildman–Crippen LogP) is 7.94. The quantitative estimate of drug-likeness (QED) is 0.208. The van der Waals surface area contributed by atoms with Gasteiger partial charge in [0.25, 0.3) is 0 Å². The van der Waals surface area contributed by atoms with Crippen molar-refractivity contribution in [1.82, 2.24) is 14.5 Å². The Morgan fingerprint density at radius 3 is 2.20 bits per heavy atom. The maximum absolute atomic E-state index is 6.34. The Hall–Kier alpha value is -5.00. The Morgan fingerprint density at radius 2 is 1.32 bits per heavy atom. The molecule has 0 amide bonds. The molecule has 0 radical (unpaired) electrons. The lowest BCUT2D eigenvalue weighted by Gasteiger charge is -2.22. The highest BCUT2D eigenvalue weighted by atomic mass is 28.3. The van der Waals surface area contributed by atoms with Crippen LogP contribution in [0.3, 0.4) is 0 Å². The molecule has 9 rings (SSSR count). The number of rotatable bonds is 2. The molecule has 0 fully saturated rings. The zero-order valence-corrected chi connectivity index (χ0v) is 23.7. The third-order valence-corrected chi connectivity index (χ3v) is 12.3. The summed E-state index contributed by atoms with van der Waals surface area (Å²) < 4.78 is 8.60. The second kappa shape index (κ2) is 8.02. The van der Waals surface area contributed by atoms with E-state index in [4.69, 9.17) is 14.4 Å². The van der Waals surface area contributed by atoms with E-state index in [0.717, 1.165) is 49.9 Å². The fraction of sp³-hybridized carbons (Fsp3) is 0.0556. The summed E-state index contributed by atoms with van der Waals surface area (Å²) in [6.07, 6.45) is 0. The summed E-state index contributed by atoms with van der Waals surface area (Å²) in [5.74, 6) is 0.688. The highest BCUT2D eigenvalue weighted by Gasteiger charge is 2.42. The van der Waals surface area contributed by atoms with Crippen molar-refractivity contribution in [1.29, 1.82) is 0 Å². The van der Waals surface area contributed by atoms with Gasteiger partial charge in [0.05, 0.1) is 27.8 Å². The first-order valence-corrected chi connectivity index (χ1v) is 17.0. The molecule has 0 atom stereocenters. The lowest BCUT2D eigenvalue weighted by Crippen LogP contribution is -2.50. The van der Waals surface area contributed by atoms with E-state index < -0.39 is 8.07 Å². The smallest absolute Gasteiger partial charge is 0.235 e. The van der Waals surface area contributed by atoms with E-state index in [9.17, 15) is 0 Å². The van der Waals surface area contributed by atoms with Gasteiger partial charge in [-0.25, -0.2) is 9.97 Å². The van der Waals surface area contributed by atoms with Gasteiger partial charge in [0.1, 0.15) is 19.2 Å². The van der Waals surface area contributed by atoms with Gasteiger partial charge in [-0.15, -0.1) is 0 Å². The molecule has 0 saturated carbocycles. The third-order valence-electron chi connectivity index (χ3n) is 8.80. The van der Waals surface area contributed by atoms with Crippen molar-refractivity contribution >= 4 is 62.2 Å². The van der Waals surface area contributed by atoms with Crippen molar-refractivity contribution in [3.8, 4) is 28.5 Å². The molecule has 0 N–H and O–H groups in total. The Balaban J connectivity index is 1.49. The molecule has 5 aromatic carbocycles. The molecule has 41 heavy (non-hydrogen) atoms. The van der Waals surface area contributed by atoms with Crippen LogP contribution in [0.4, 0.5) is 0 Å². The normalized spacial score (nSPS) is 13.8. The topological polar surface area (TPSA) is 43.9 Å². The van der Waals surface area contributed by atoms with E-state index in [1.54, 1.807) is 0 Å². The minimum Gasteiger partial charge on any atom is -0.456 e. The van der Waals surface area contributed by atoms with Crippen LogP contribution >= 0.6 is 0 Å². The van der Waals surface area contributed by atoms with E-state index in [1.807, 2.05) is 12.1 Å². The SMILES string of the molecule is C[Si]1(C)c2ccccc2-c2nc(-n3c4ccccc4c4ccc5oc6ccccc6c5c43)nc(-c3ccccc3)c21. The van der Waals surface area contributed by atoms with Crippen molar-refractivity contribution in [2.45, 2.75) is 13.1 Å². The minimum atomic E-state index is -2.04. The first kappa shape index (κ1) is 22.8. The molecule has 0 saturated heterocycles. The molecular weight excluding hydrogens is 519 g/mol. The number of aromatic nitrogens is 3. The number of fused-ring (bicyclic) bond motifs is 10. The maximum Gasteiger partial charge on any atom is 0.235 e. The molecule has 0 unspecified atom stereocenters. The average molecular weight is 544 g/mol. The zero-order valence-electron chi connectivity index (χ0n) is 22.7. The van der Waals surface area contributed by atoms with Crippen molar-refractivity contribution in [3.05, 3.63) is 115 Å². The van der Waals surface area contributed by atoms with Gasteiger partial charge in [-0.3, -0.25) is 4.57 Å². The van der Waals surface area contributed by atoms with Gasteiger partial charge in [0.2, 0.25) is 5.95 Å². The molecule has 4 heterocycles. The van der Waals surface area contributed by atoms with Crippen LogP contribution in [0.25, 0.3) is 72.2 Å². The van der Waals surface area contributed by atoms with Gasteiger partial charge >= 0.3 is 0 Å². The van der Waals surface area contributed by atoms with Crippen LogP contribution in [0.1, 0.15) is 0 Å². The molecule has 194 valence electrons. The first-order valence-electron chi connectivity index (χ1n) is 14.0. The fourth-order valence-corrected chi connectivity index (χ4v) is 10.2. The van der Waals surface area contributed by atoms with Crippen LogP contribution < -0.4 is 10.4 Å². The lowest BCUT2D eigenvalue weighted by atomic mass is 10.1. The van der Waals surface area contributed by atoms with E-state index in [2.05, 4.69) is 121 Å². The largest absolute Gasteiger partial charge is 0.456 e. The van der Waals surface area contributed by atoms with Crippen LogP contribution in [0, 0.1) is 0 Å². The number of hydrogen-bond acceptors (Lipinski definition) is 3. The highest BCUT2D eigenvalue weighted by molar-refractivity contribution is 7.04. The van der Waals surface area contributed by atoms with E-state index in [-0.39, 0.29) is 0 Å². The summed E-state index contributed by atoms with van der Waals surface area (Å²) in [4.78, 5) is 10.9.